The lowest BCUT2D eigenvalue weighted by atomic mass is 10.3. The van der Waals surface area contributed by atoms with Crippen molar-refractivity contribution >= 4 is 21.6 Å². The highest BCUT2D eigenvalue weighted by Crippen LogP contribution is 2.18. The average Bonchev–Trinajstić information content (AvgIpc) is 2.55. The Morgan fingerprint density at radius 3 is 2.72 bits per heavy atom. The predicted octanol–water partition coefficient (Wildman–Crippen LogP) is 0.430. The number of carbonyl (C=O) groups is 1. The highest BCUT2D eigenvalue weighted by Gasteiger charge is 2.19. The van der Waals surface area contributed by atoms with E-state index in [2.05, 4.69) is 10.2 Å². The minimum atomic E-state index is -3.60. The first kappa shape index (κ1) is 19.6. The van der Waals surface area contributed by atoms with Crippen LogP contribution in [-0.4, -0.2) is 71.4 Å². The average molecular weight is 373 g/mol. The summed E-state index contributed by atoms with van der Waals surface area (Å²) in [5.74, 6) is -0.764. The molecule has 1 aliphatic heterocycles. The number of carbonyl (C=O) groups excluding carboxylic acids is 1. The van der Waals surface area contributed by atoms with Gasteiger partial charge in [0.2, 0.25) is 15.9 Å². The van der Waals surface area contributed by atoms with Crippen molar-refractivity contribution in [1.82, 2.24) is 10.2 Å². The third kappa shape index (κ3) is 6.60. The number of rotatable bonds is 8. The van der Waals surface area contributed by atoms with E-state index in [1.54, 1.807) is 0 Å². The van der Waals surface area contributed by atoms with Gasteiger partial charge in [0.1, 0.15) is 5.82 Å². The summed E-state index contributed by atoms with van der Waals surface area (Å²) in [6, 6.07) is 5.31. The molecule has 1 fully saturated rings. The van der Waals surface area contributed by atoms with Crippen molar-refractivity contribution in [2.24, 2.45) is 0 Å². The topological polar surface area (TPSA) is 79.0 Å². The van der Waals surface area contributed by atoms with Crippen LogP contribution in [0.2, 0.25) is 0 Å². The Hall–Kier alpha value is -1.71. The van der Waals surface area contributed by atoms with Crippen LogP contribution < -0.4 is 9.62 Å². The van der Waals surface area contributed by atoms with Gasteiger partial charge in [0.25, 0.3) is 0 Å². The second-order valence-electron chi connectivity index (χ2n) is 5.87. The molecule has 1 aliphatic rings. The summed E-state index contributed by atoms with van der Waals surface area (Å²) in [6.07, 6.45) is 1.04. The molecule has 0 spiro atoms. The Kier molecular flexibility index (Phi) is 7.15. The van der Waals surface area contributed by atoms with Gasteiger partial charge in [-0.25, -0.2) is 12.8 Å². The van der Waals surface area contributed by atoms with Crippen LogP contribution in [0.3, 0.4) is 0 Å². The quantitative estimate of drug-likeness (QED) is 0.715. The maximum Gasteiger partial charge on any atom is 0.232 e. The van der Waals surface area contributed by atoms with Crippen LogP contribution in [0.15, 0.2) is 24.3 Å². The molecule has 2 rings (SSSR count). The van der Waals surface area contributed by atoms with E-state index in [0.29, 0.717) is 19.8 Å². The maximum atomic E-state index is 13.3. The molecule has 0 unspecified atom stereocenters. The van der Waals surface area contributed by atoms with E-state index in [9.17, 15) is 17.6 Å². The first-order valence-electron chi connectivity index (χ1n) is 8.16. The van der Waals surface area contributed by atoms with E-state index in [4.69, 9.17) is 4.74 Å². The minimum absolute atomic E-state index is 0.00664. The maximum absolute atomic E-state index is 13.3. The molecular formula is C16H24FN3O4S. The zero-order valence-corrected chi connectivity index (χ0v) is 15.1. The molecule has 0 aliphatic carbocycles. The number of anilines is 1. The summed E-state index contributed by atoms with van der Waals surface area (Å²) < 4.78 is 43.5. The van der Waals surface area contributed by atoms with Gasteiger partial charge < -0.3 is 10.1 Å². The molecule has 0 atom stereocenters. The zero-order valence-electron chi connectivity index (χ0n) is 14.3. The lowest BCUT2D eigenvalue weighted by Crippen LogP contribution is -2.42. The molecule has 1 amide bonds. The van der Waals surface area contributed by atoms with Gasteiger partial charge in [-0.2, -0.15) is 0 Å². The standard InChI is InChI=1S/C16H24FN3O4S/c1-25(22,23)20(15-4-2-3-14(17)13-15)7-5-16(21)18-6-8-19-9-11-24-12-10-19/h2-4,13H,5-12H2,1H3,(H,18,21). The Labute approximate surface area is 147 Å². The number of hydrogen-bond acceptors (Lipinski definition) is 5. The normalized spacial score (nSPS) is 15.8. The van der Waals surface area contributed by atoms with Gasteiger partial charge in [0.05, 0.1) is 25.2 Å². The van der Waals surface area contributed by atoms with E-state index < -0.39 is 15.8 Å². The van der Waals surface area contributed by atoms with Crippen molar-refractivity contribution in [3.05, 3.63) is 30.1 Å². The number of morpholine rings is 1. The third-order valence-corrected chi connectivity index (χ3v) is 5.09. The molecule has 1 aromatic carbocycles. The van der Waals surface area contributed by atoms with Crippen LogP contribution in [-0.2, 0) is 19.6 Å². The van der Waals surface area contributed by atoms with Gasteiger partial charge in [0.15, 0.2) is 0 Å². The van der Waals surface area contributed by atoms with Crippen LogP contribution >= 0.6 is 0 Å². The SMILES string of the molecule is CS(=O)(=O)N(CCC(=O)NCCN1CCOCC1)c1cccc(F)c1. The van der Waals surface area contributed by atoms with Gasteiger partial charge in [0, 0.05) is 39.1 Å². The lowest BCUT2D eigenvalue weighted by Gasteiger charge is -2.26. The van der Waals surface area contributed by atoms with Crippen LogP contribution in [0, 0.1) is 5.82 Å². The number of halogens is 1. The zero-order chi connectivity index (χ0) is 18.3. The van der Waals surface area contributed by atoms with Crippen LogP contribution in [0.25, 0.3) is 0 Å². The molecule has 25 heavy (non-hydrogen) atoms. The Morgan fingerprint density at radius 2 is 2.08 bits per heavy atom. The van der Waals surface area contributed by atoms with Gasteiger partial charge in [-0.1, -0.05) is 6.07 Å². The van der Waals surface area contributed by atoms with Crippen LogP contribution in [0.4, 0.5) is 10.1 Å². The van der Waals surface area contributed by atoms with Crippen molar-refractivity contribution < 1.29 is 22.3 Å². The summed E-state index contributed by atoms with van der Waals surface area (Å²) in [6.45, 7) is 4.28. The fraction of sp³-hybridized carbons (Fsp3) is 0.562. The Balaban J connectivity index is 1.82. The van der Waals surface area contributed by atoms with Gasteiger partial charge in [-0.3, -0.25) is 14.0 Å². The van der Waals surface area contributed by atoms with Crippen molar-refractivity contribution in [3.63, 3.8) is 0 Å². The number of nitrogens with one attached hydrogen (secondary N) is 1. The monoisotopic (exact) mass is 373 g/mol. The molecule has 0 aromatic heterocycles. The van der Waals surface area contributed by atoms with Gasteiger partial charge in [-0.05, 0) is 18.2 Å². The number of benzene rings is 1. The second kappa shape index (κ2) is 9.12. The molecule has 140 valence electrons. The number of nitrogens with zero attached hydrogens (tertiary/aromatic N) is 2. The molecule has 1 saturated heterocycles. The molecule has 1 N–H and O–H groups in total. The van der Waals surface area contributed by atoms with E-state index >= 15 is 0 Å². The molecule has 0 radical (unpaired) electrons. The number of hydrogen-bond donors (Lipinski definition) is 1. The van der Waals surface area contributed by atoms with Crippen molar-refractivity contribution in [2.45, 2.75) is 6.42 Å². The van der Waals surface area contributed by atoms with Gasteiger partial charge >= 0.3 is 0 Å². The third-order valence-electron chi connectivity index (χ3n) is 3.89. The fourth-order valence-corrected chi connectivity index (χ4v) is 3.51. The Morgan fingerprint density at radius 1 is 1.36 bits per heavy atom. The molecule has 0 saturated carbocycles. The van der Waals surface area contributed by atoms with E-state index in [0.717, 1.165) is 36.3 Å². The van der Waals surface area contributed by atoms with Crippen LogP contribution in [0.1, 0.15) is 6.42 Å². The van der Waals surface area contributed by atoms with Crippen molar-refractivity contribution in [1.29, 1.82) is 0 Å². The summed E-state index contributed by atoms with van der Waals surface area (Å²) >= 11 is 0. The highest BCUT2D eigenvalue weighted by atomic mass is 32.2. The predicted molar refractivity (Wildman–Crippen MR) is 93.5 cm³/mol. The van der Waals surface area contributed by atoms with Crippen molar-refractivity contribution in [2.75, 3.05) is 56.5 Å². The van der Waals surface area contributed by atoms with Crippen molar-refractivity contribution in [3.8, 4) is 0 Å². The molecule has 1 aromatic rings. The fourth-order valence-electron chi connectivity index (χ4n) is 2.59. The molecule has 1 heterocycles. The Bertz CT molecular complexity index is 678. The van der Waals surface area contributed by atoms with Crippen LogP contribution in [0.5, 0.6) is 0 Å². The summed E-state index contributed by atoms with van der Waals surface area (Å²) in [4.78, 5) is 14.2. The molecule has 7 nitrogen and oxygen atoms in total. The number of ether oxygens (including phenoxy) is 1. The minimum Gasteiger partial charge on any atom is -0.379 e. The summed E-state index contributed by atoms with van der Waals surface area (Å²) in [5, 5.41) is 2.78. The lowest BCUT2D eigenvalue weighted by molar-refractivity contribution is -0.120. The molecule has 0 bridgehead atoms. The first-order valence-corrected chi connectivity index (χ1v) is 10.0. The van der Waals surface area contributed by atoms with E-state index in [1.807, 2.05) is 0 Å². The number of amides is 1. The summed E-state index contributed by atoms with van der Waals surface area (Å²) in [5.41, 5.74) is 0.212. The summed E-state index contributed by atoms with van der Waals surface area (Å²) in [7, 11) is -3.60. The first-order chi connectivity index (χ1) is 11.9. The second-order valence-corrected chi connectivity index (χ2v) is 7.78. The van der Waals surface area contributed by atoms with E-state index in [1.165, 1.54) is 18.2 Å². The largest absolute Gasteiger partial charge is 0.379 e. The highest BCUT2D eigenvalue weighted by molar-refractivity contribution is 7.92. The molecular weight excluding hydrogens is 349 g/mol. The molecule has 9 heteroatoms. The smallest absolute Gasteiger partial charge is 0.232 e. The van der Waals surface area contributed by atoms with Gasteiger partial charge in [-0.15, -0.1) is 0 Å². The number of sulfonamides is 1. The van der Waals surface area contributed by atoms with E-state index in [-0.39, 0.29) is 24.6 Å².